The predicted molar refractivity (Wildman–Crippen MR) is 123 cm³/mol. The van der Waals surface area contributed by atoms with Crippen LogP contribution < -0.4 is 4.74 Å². The third-order valence-electron chi connectivity index (χ3n) is 6.95. The number of ether oxygens (including phenoxy) is 2. The first-order chi connectivity index (χ1) is 15.5. The van der Waals surface area contributed by atoms with Crippen molar-refractivity contribution in [2.75, 3.05) is 20.2 Å². The van der Waals surface area contributed by atoms with E-state index in [2.05, 4.69) is 0 Å². The summed E-state index contributed by atoms with van der Waals surface area (Å²) < 4.78 is 11.1. The lowest BCUT2D eigenvalue weighted by atomic mass is 9.53. The number of amides is 1. The molecule has 0 bridgehead atoms. The van der Waals surface area contributed by atoms with Crippen molar-refractivity contribution >= 4 is 12.1 Å². The van der Waals surface area contributed by atoms with E-state index in [1.807, 2.05) is 51.1 Å². The topological polar surface area (TPSA) is 96.3 Å². The largest absolute Gasteiger partial charge is 0.496 e. The highest BCUT2D eigenvalue weighted by molar-refractivity contribution is 5.93. The van der Waals surface area contributed by atoms with Gasteiger partial charge >= 0.3 is 12.1 Å². The minimum Gasteiger partial charge on any atom is -0.496 e. The summed E-state index contributed by atoms with van der Waals surface area (Å²) >= 11 is 0. The molecule has 1 spiro atoms. The highest BCUT2D eigenvalue weighted by Crippen LogP contribution is 2.62. The van der Waals surface area contributed by atoms with Crippen LogP contribution in [0.1, 0.15) is 56.0 Å². The summed E-state index contributed by atoms with van der Waals surface area (Å²) in [5.74, 6) is -0.610. The first-order valence-electron chi connectivity index (χ1n) is 11.2. The van der Waals surface area contributed by atoms with Crippen molar-refractivity contribution in [2.45, 2.75) is 51.2 Å². The number of carbonyl (C=O) groups excluding carboxylic acids is 1. The molecule has 1 saturated carbocycles. The summed E-state index contributed by atoms with van der Waals surface area (Å²) in [5, 5.41) is 21.9. The Balaban J connectivity index is 1.73. The zero-order valence-electron chi connectivity index (χ0n) is 19.6. The van der Waals surface area contributed by atoms with Gasteiger partial charge in [-0.2, -0.15) is 0 Å². The molecule has 2 unspecified atom stereocenters. The first kappa shape index (κ1) is 23.1. The summed E-state index contributed by atoms with van der Waals surface area (Å²) in [5.41, 5.74) is -0.739. The predicted octanol–water partition coefficient (Wildman–Crippen LogP) is 4.67. The third kappa shape index (κ3) is 3.95. The van der Waals surface area contributed by atoms with Gasteiger partial charge in [-0.05, 0) is 57.7 Å². The molecule has 2 fully saturated rings. The maximum Gasteiger partial charge on any atom is 0.410 e. The van der Waals surface area contributed by atoms with E-state index in [0.29, 0.717) is 49.2 Å². The van der Waals surface area contributed by atoms with Crippen LogP contribution in [0, 0.1) is 5.41 Å². The zero-order chi connectivity index (χ0) is 24.0. The zero-order valence-corrected chi connectivity index (χ0v) is 19.6. The smallest absolute Gasteiger partial charge is 0.410 e. The van der Waals surface area contributed by atoms with Gasteiger partial charge in [0.1, 0.15) is 11.4 Å². The van der Waals surface area contributed by atoms with Crippen LogP contribution >= 0.6 is 0 Å². The van der Waals surface area contributed by atoms with Gasteiger partial charge in [-0.25, -0.2) is 9.59 Å². The van der Waals surface area contributed by atoms with Crippen molar-refractivity contribution < 1.29 is 29.3 Å². The minimum absolute atomic E-state index is 0.0481. The van der Waals surface area contributed by atoms with Gasteiger partial charge in [-0.3, -0.25) is 0 Å². The fraction of sp³-hybridized carbons (Fsp3) is 0.462. The molecule has 2 aliphatic rings. The third-order valence-corrected chi connectivity index (χ3v) is 6.95. The molecular formula is C26H31NO6. The Morgan fingerprint density at radius 2 is 1.76 bits per heavy atom. The number of nitrogens with zero attached hydrogens (tertiary/aromatic N) is 1. The number of aromatic carboxylic acids is 1. The lowest BCUT2D eigenvalue weighted by Crippen LogP contribution is -2.57. The van der Waals surface area contributed by atoms with E-state index < -0.39 is 28.7 Å². The second-order valence-electron chi connectivity index (χ2n) is 10.1. The summed E-state index contributed by atoms with van der Waals surface area (Å²) in [6, 6.07) is 12.7. The molecule has 2 N–H and O–H groups in total. The Labute approximate surface area is 193 Å². The van der Waals surface area contributed by atoms with Gasteiger partial charge in [0.2, 0.25) is 0 Å². The SMILES string of the molecule is COc1cc(C2(O)CCC23CCN(C(=O)OC(C)(C)C)C3)c(C(=O)O)cc1-c1ccccc1. The van der Waals surface area contributed by atoms with Crippen LogP contribution in [0.3, 0.4) is 0 Å². The van der Waals surface area contributed by atoms with Crippen LogP contribution in [-0.2, 0) is 10.3 Å². The van der Waals surface area contributed by atoms with Gasteiger partial charge in [-0.15, -0.1) is 0 Å². The second kappa shape index (κ2) is 8.06. The van der Waals surface area contributed by atoms with Crippen molar-refractivity contribution in [3.8, 4) is 16.9 Å². The van der Waals surface area contributed by atoms with E-state index in [0.717, 1.165) is 5.56 Å². The molecule has 2 atom stereocenters. The van der Waals surface area contributed by atoms with Gasteiger partial charge in [0.25, 0.3) is 0 Å². The van der Waals surface area contributed by atoms with Crippen LogP contribution in [0.15, 0.2) is 42.5 Å². The van der Waals surface area contributed by atoms with E-state index in [-0.39, 0.29) is 5.56 Å². The molecule has 2 aromatic carbocycles. The highest BCUT2D eigenvalue weighted by atomic mass is 16.6. The molecule has 1 aliphatic carbocycles. The lowest BCUT2D eigenvalue weighted by molar-refractivity contribution is -0.168. The maximum atomic E-state index is 12.6. The number of carboxylic acid groups (broad SMARTS) is 1. The van der Waals surface area contributed by atoms with Crippen molar-refractivity contribution in [3.63, 3.8) is 0 Å². The van der Waals surface area contributed by atoms with E-state index in [4.69, 9.17) is 9.47 Å². The normalized spacial score (nSPS) is 24.5. The molecule has 0 radical (unpaired) electrons. The van der Waals surface area contributed by atoms with Crippen LogP contribution in [0.4, 0.5) is 4.79 Å². The molecule has 1 amide bonds. The number of methoxy groups -OCH3 is 1. The molecular weight excluding hydrogens is 422 g/mol. The number of carboxylic acids is 1. The van der Waals surface area contributed by atoms with Crippen LogP contribution in [0.2, 0.25) is 0 Å². The quantitative estimate of drug-likeness (QED) is 0.698. The Morgan fingerprint density at radius 3 is 2.30 bits per heavy atom. The summed E-state index contributed by atoms with van der Waals surface area (Å²) in [6.45, 7) is 6.22. The Hall–Kier alpha value is -3.06. The summed E-state index contributed by atoms with van der Waals surface area (Å²) in [6.07, 6.45) is 1.28. The van der Waals surface area contributed by atoms with Crippen LogP contribution in [-0.4, -0.2) is 53.0 Å². The highest BCUT2D eigenvalue weighted by Gasteiger charge is 2.63. The molecule has 1 aliphatic heterocycles. The Bertz CT molecular complexity index is 1080. The van der Waals surface area contributed by atoms with Crippen molar-refractivity contribution in [1.82, 2.24) is 4.90 Å². The lowest BCUT2D eigenvalue weighted by Gasteiger charge is -2.55. The van der Waals surface area contributed by atoms with Gasteiger partial charge in [-0.1, -0.05) is 30.3 Å². The number of benzene rings is 2. The summed E-state index contributed by atoms with van der Waals surface area (Å²) in [7, 11) is 1.53. The van der Waals surface area contributed by atoms with E-state index in [9.17, 15) is 19.8 Å². The molecule has 1 heterocycles. The fourth-order valence-corrected chi connectivity index (χ4v) is 5.14. The first-order valence-corrected chi connectivity index (χ1v) is 11.2. The molecule has 0 aromatic heterocycles. The number of hydrogen-bond acceptors (Lipinski definition) is 5. The monoisotopic (exact) mass is 453 g/mol. The van der Waals surface area contributed by atoms with E-state index in [1.54, 1.807) is 17.0 Å². The standard InChI is InChI=1S/C26H31NO6/c1-24(2,3)33-23(30)27-13-12-25(16-27)10-11-26(25,31)20-15-21(32-4)18(14-19(20)22(28)29)17-8-6-5-7-9-17/h5-9,14-15,31H,10-13,16H2,1-4H3,(H,28,29). The molecule has 7 nitrogen and oxygen atoms in total. The van der Waals surface area contributed by atoms with Crippen molar-refractivity contribution in [3.05, 3.63) is 53.6 Å². The van der Waals surface area contributed by atoms with E-state index >= 15 is 0 Å². The maximum absolute atomic E-state index is 12.6. The Kier molecular flexibility index (Phi) is 5.65. The fourth-order valence-electron chi connectivity index (χ4n) is 5.14. The van der Waals surface area contributed by atoms with Crippen LogP contribution in [0.5, 0.6) is 5.75 Å². The number of aliphatic hydroxyl groups is 1. The summed E-state index contributed by atoms with van der Waals surface area (Å²) in [4.78, 5) is 26.5. The average Bonchev–Trinajstić information content (AvgIpc) is 3.25. The molecule has 2 aromatic rings. The van der Waals surface area contributed by atoms with E-state index in [1.165, 1.54) is 7.11 Å². The molecule has 33 heavy (non-hydrogen) atoms. The molecule has 176 valence electrons. The number of likely N-dealkylation sites (tertiary alicyclic amines) is 1. The number of hydrogen-bond donors (Lipinski definition) is 2. The second-order valence-corrected chi connectivity index (χ2v) is 10.1. The van der Waals surface area contributed by atoms with Gasteiger partial charge in [0.05, 0.1) is 18.3 Å². The van der Waals surface area contributed by atoms with Gasteiger partial charge < -0.3 is 24.6 Å². The van der Waals surface area contributed by atoms with Gasteiger partial charge in [0.15, 0.2) is 0 Å². The van der Waals surface area contributed by atoms with Gasteiger partial charge in [0, 0.05) is 29.6 Å². The molecule has 7 heteroatoms. The van der Waals surface area contributed by atoms with Crippen LogP contribution in [0.25, 0.3) is 11.1 Å². The molecule has 1 saturated heterocycles. The van der Waals surface area contributed by atoms with Crippen molar-refractivity contribution in [2.24, 2.45) is 5.41 Å². The number of carbonyl (C=O) groups is 2. The average molecular weight is 454 g/mol. The Morgan fingerprint density at radius 1 is 1.06 bits per heavy atom. The number of rotatable bonds is 4. The molecule has 4 rings (SSSR count). The minimum atomic E-state index is -1.38. The van der Waals surface area contributed by atoms with Crippen molar-refractivity contribution in [1.29, 1.82) is 0 Å².